The third-order valence-corrected chi connectivity index (χ3v) is 11.2. The van der Waals surface area contributed by atoms with Crippen molar-refractivity contribution in [2.45, 2.75) is 102 Å². The van der Waals surface area contributed by atoms with Gasteiger partial charge in [-0.2, -0.15) is 0 Å². The molecule has 3 aliphatic heterocycles. The Morgan fingerprint density at radius 2 is 1.88 bits per heavy atom. The molecule has 3 heterocycles. The average molecular weight is 796 g/mol. The van der Waals surface area contributed by atoms with Gasteiger partial charge in [0.15, 0.2) is 0 Å². The van der Waals surface area contributed by atoms with Crippen molar-refractivity contribution < 1.29 is 42.9 Å². The van der Waals surface area contributed by atoms with Crippen LogP contribution in [-0.2, 0) is 35.0 Å². The molecule has 2 fully saturated rings. The summed E-state index contributed by atoms with van der Waals surface area (Å²) in [5, 5.41) is 6.01. The van der Waals surface area contributed by atoms with E-state index in [1.807, 2.05) is 51.1 Å². The van der Waals surface area contributed by atoms with E-state index in [9.17, 15) is 19.2 Å². The Labute approximate surface area is 333 Å². The number of nitrogens with zero attached hydrogens (tertiary/aromatic N) is 1. The van der Waals surface area contributed by atoms with Crippen LogP contribution in [-0.4, -0.2) is 87.7 Å². The van der Waals surface area contributed by atoms with E-state index in [1.165, 1.54) is 18.1 Å². The van der Waals surface area contributed by atoms with Crippen molar-refractivity contribution in [1.29, 1.82) is 0 Å². The van der Waals surface area contributed by atoms with E-state index in [4.69, 9.17) is 46.8 Å². The molecular formula is C41H54ClN5O9. The molecule has 0 aromatic heterocycles. The smallest absolute Gasteiger partial charge is 0.407 e. The lowest BCUT2D eigenvalue weighted by Crippen LogP contribution is -2.53. The molecule has 3 aliphatic rings. The Balaban J connectivity index is 1.33. The standard InChI is InChI=1S/C41H54ClN5O9/c1-23-11-10-12-31(52-5)29-21-32(54-40(51)46-29)24(2)38-41(3,56-38)34(22-35(48)47(4)30-18-25(17-23)19-33(53-6)37(30)42)55-36(49)13-8-7-9-16-45-39(50)26-14-15-27(43)28(44)20-26/h10-12,14-15,18-20,24,29,31-32,34,38H,7-9,13,16-17,21-22,43-44H2,1-6H3,(H,45,50)(H,46,51)/b12-10+,23-11+/t24-,29-,31-,32+,34+,38+,41+/m1/s1. The Kier molecular flexibility index (Phi) is 13.9. The maximum Gasteiger partial charge on any atom is 0.407 e. The van der Waals surface area contributed by atoms with E-state index < -0.39 is 42.1 Å². The first-order valence-corrected chi connectivity index (χ1v) is 19.3. The molecule has 0 spiro atoms. The number of alkyl carbamates (subject to hydrolysis) is 1. The van der Waals surface area contributed by atoms with Gasteiger partial charge >= 0.3 is 12.1 Å². The number of methoxy groups -OCH3 is 2. The molecule has 56 heavy (non-hydrogen) atoms. The molecule has 14 nitrogen and oxygen atoms in total. The van der Waals surface area contributed by atoms with Crippen molar-refractivity contribution in [2.75, 3.05) is 44.2 Å². The number of nitrogen functional groups attached to an aromatic ring is 2. The number of allylic oxidation sites excluding steroid dienone is 3. The van der Waals surface area contributed by atoms with Crippen LogP contribution in [0.2, 0.25) is 5.02 Å². The van der Waals surface area contributed by atoms with E-state index in [-0.39, 0.29) is 41.6 Å². The number of esters is 1. The summed E-state index contributed by atoms with van der Waals surface area (Å²) in [5.74, 6) is -1.00. The lowest BCUT2D eigenvalue weighted by molar-refractivity contribution is -0.154. The zero-order valence-electron chi connectivity index (χ0n) is 32.9. The van der Waals surface area contributed by atoms with Crippen LogP contribution in [0, 0.1) is 5.92 Å². The van der Waals surface area contributed by atoms with Gasteiger partial charge in [-0.25, -0.2) is 4.79 Å². The minimum absolute atomic E-state index is 0.0940. The number of hydrogen-bond acceptors (Lipinski definition) is 11. The molecular weight excluding hydrogens is 742 g/mol. The van der Waals surface area contributed by atoms with Crippen LogP contribution in [0.25, 0.3) is 0 Å². The molecule has 2 saturated heterocycles. The first-order valence-electron chi connectivity index (χ1n) is 18.9. The predicted molar refractivity (Wildman–Crippen MR) is 214 cm³/mol. The number of epoxide rings is 1. The molecule has 0 unspecified atom stereocenters. The normalized spacial score (nSPS) is 28.1. The molecule has 0 aliphatic carbocycles. The first-order chi connectivity index (χ1) is 26.6. The second kappa shape index (κ2) is 18.4. The number of anilines is 3. The fraction of sp³-hybridized carbons (Fsp3) is 0.512. The number of rotatable bonds is 10. The molecule has 3 amide bonds. The maximum atomic E-state index is 14.1. The highest BCUT2D eigenvalue weighted by atomic mass is 35.5. The highest BCUT2D eigenvalue weighted by molar-refractivity contribution is 6.35. The van der Waals surface area contributed by atoms with E-state index in [0.29, 0.717) is 67.0 Å². The van der Waals surface area contributed by atoms with Gasteiger partial charge < -0.3 is 50.7 Å². The highest BCUT2D eigenvalue weighted by Gasteiger charge is 2.63. The molecule has 2 aromatic carbocycles. The van der Waals surface area contributed by atoms with Crippen molar-refractivity contribution in [1.82, 2.24) is 10.6 Å². The van der Waals surface area contributed by atoms with Gasteiger partial charge in [-0.15, -0.1) is 0 Å². The van der Waals surface area contributed by atoms with Crippen molar-refractivity contribution in [3.63, 3.8) is 0 Å². The number of unbranched alkanes of at least 4 members (excludes halogenated alkanes) is 2. The summed E-state index contributed by atoms with van der Waals surface area (Å²) in [5.41, 5.74) is 14.0. The Bertz CT molecular complexity index is 1850. The quantitative estimate of drug-likeness (QED) is 0.103. The zero-order valence-corrected chi connectivity index (χ0v) is 33.6. The predicted octanol–water partition coefficient (Wildman–Crippen LogP) is 5.50. The summed E-state index contributed by atoms with van der Waals surface area (Å²) >= 11 is 6.77. The van der Waals surface area contributed by atoms with Gasteiger partial charge in [-0.1, -0.05) is 48.7 Å². The Hall–Kier alpha value is -4.79. The number of carbonyl (C=O) groups is 4. The number of halogens is 1. The minimum atomic E-state index is -1.05. The second-order valence-corrected chi connectivity index (χ2v) is 15.3. The summed E-state index contributed by atoms with van der Waals surface area (Å²) in [7, 11) is 4.73. The molecule has 0 saturated carbocycles. The van der Waals surface area contributed by atoms with Gasteiger partial charge in [0.25, 0.3) is 5.91 Å². The van der Waals surface area contributed by atoms with Crippen LogP contribution in [0.4, 0.5) is 21.9 Å². The maximum absolute atomic E-state index is 14.1. The van der Waals surface area contributed by atoms with E-state index >= 15 is 0 Å². The van der Waals surface area contributed by atoms with Crippen LogP contribution >= 0.6 is 11.6 Å². The van der Waals surface area contributed by atoms with Gasteiger partial charge in [0.05, 0.1) is 48.8 Å². The second-order valence-electron chi connectivity index (χ2n) is 15.0. The summed E-state index contributed by atoms with van der Waals surface area (Å²) in [6, 6.07) is 8.03. The molecule has 0 radical (unpaired) electrons. The molecule has 304 valence electrons. The van der Waals surface area contributed by atoms with Gasteiger partial charge in [0, 0.05) is 45.0 Å². The van der Waals surface area contributed by atoms with Crippen molar-refractivity contribution in [3.8, 4) is 5.75 Å². The largest absolute Gasteiger partial charge is 0.495 e. The van der Waals surface area contributed by atoms with Gasteiger partial charge in [-0.3, -0.25) is 14.4 Å². The van der Waals surface area contributed by atoms with Crippen LogP contribution in [0.1, 0.15) is 75.2 Å². The first kappa shape index (κ1) is 42.4. The number of nitrogens with two attached hydrogens (primary N) is 2. The monoisotopic (exact) mass is 795 g/mol. The van der Waals surface area contributed by atoms with Crippen molar-refractivity contribution in [2.24, 2.45) is 5.92 Å². The summed E-state index contributed by atoms with van der Waals surface area (Å²) < 4.78 is 29.5. The number of nitrogens with one attached hydrogen (secondary N) is 2. The molecule has 6 N–H and O–H groups in total. The van der Waals surface area contributed by atoms with Crippen LogP contribution in [0.15, 0.2) is 54.1 Å². The molecule has 15 heteroatoms. The SMILES string of the molecule is COc1cc2cc(c1Cl)N(C)C(=O)C[C@H](OC(=O)CCCCCNC(=O)c1ccc(N)c(N)c1)[C@]1(C)O[C@H]1[C@H](C)[C@@H]1C[C@@H](NC(=O)O1)[C@H](OC)/C=C/C=C(\C)C2. The fourth-order valence-electron chi connectivity index (χ4n) is 7.36. The summed E-state index contributed by atoms with van der Waals surface area (Å²) in [6.45, 7) is 6.13. The number of benzene rings is 2. The number of ether oxygens (including phenoxy) is 5. The van der Waals surface area contributed by atoms with Crippen LogP contribution < -0.4 is 31.7 Å². The van der Waals surface area contributed by atoms with E-state index in [2.05, 4.69) is 10.6 Å². The van der Waals surface area contributed by atoms with E-state index in [1.54, 1.807) is 26.3 Å². The summed E-state index contributed by atoms with van der Waals surface area (Å²) in [6.07, 6.45) is 5.43. The topological polar surface area (TPSA) is 197 Å². The third-order valence-electron chi connectivity index (χ3n) is 10.8. The highest BCUT2D eigenvalue weighted by Crippen LogP contribution is 2.49. The average Bonchev–Trinajstić information content (AvgIpc) is 3.86. The molecule has 2 aromatic rings. The van der Waals surface area contributed by atoms with Gasteiger partial charge in [0.2, 0.25) is 5.91 Å². The molecule has 7 atom stereocenters. The lowest BCUT2D eigenvalue weighted by atomic mass is 9.84. The van der Waals surface area contributed by atoms with Gasteiger partial charge in [0.1, 0.15) is 28.6 Å². The molecule has 4 bridgehead atoms. The number of carbonyl (C=O) groups excluding carboxylic acids is 4. The third kappa shape index (κ3) is 10.1. The Morgan fingerprint density at radius 3 is 2.59 bits per heavy atom. The van der Waals surface area contributed by atoms with Gasteiger partial charge in [-0.05, 0) is 69.0 Å². The lowest BCUT2D eigenvalue weighted by Gasteiger charge is -2.36. The van der Waals surface area contributed by atoms with Crippen molar-refractivity contribution >= 4 is 52.5 Å². The van der Waals surface area contributed by atoms with E-state index in [0.717, 1.165) is 11.1 Å². The zero-order chi connectivity index (χ0) is 40.7. The number of fused-ring (bicyclic) bond motifs is 5. The molecule has 5 rings (SSSR count). The number of hydrogen-bond donors (Lipinski definition) is 4. The van der Waals surface area contributed by atoms with Crippen molar-refractivity contribution in [3.05, 3.63) is 70.3 Å². The summed E-state index contributed by atoms with van der Waals surface area (Å²) in [4.78, 5) is 54.2. The fourth-order valence-corrected chi connectivity index (χ4v) is 7.67. The minimum Gasteiger partial charge on any atom is -0.495 e. The van der Waals surface area contributed by atoms with Crippen LogP contribution in [0.3, 0.4) is 0 Å². The Morgan fingerprint density at radius 1 is 1.11 bits per heavy atom. The van der Waals surface area contributed by atoms with Crippen LogP contribution in [0.5, 0.6) is 5.75 Å². The number of amides is 3.